The van der Waals surface area contributed by atoms with E-state index in [4.69, 9.17) is 5.11 Å². The number of carbonyl (C=O) groups is 1. The van der Waals surface area contributed by atoms with Crippen LogP contribution in [0.25, 0.3) is 0 Å². The Morgan fingerprint density at radius 3 is 1.84 bits per heavy atom. The van der Waals surface area contributed by atoms with E-state index in [0.29, 0.717) is 11.8 Å². The summed E-state index contributed by atoms with van der Waals surface area (Å²) in [6.07, 6.45) is 13.9. The lowest BCUT2D eigenvalue weighted by molar-refractivity contribution is -0.137. The Hall–Kier alpha value is -0.530. The van der Waals surface area contributed by atoms with Crippen LogP contribution in [-0.2, 0) is 4.79 Å². The molecule has 0 heterocycles. The molecular formula is C17H34O2. The van der Waals surface area contributed by atoms with Crippen LogP contribution < -0.4 is 0 Å². The van der Waals surface area contributed by atoms with Crippen molar-refractivity contribution in [2.45, 2.75) is 97.8 Å². The number of carboxylic acid groups (broad SMARTS) is 1. The summed E-state index contributed by atoms with van der Waals surface area (Å²) < 4.78 is 0. The van der Waals surface area contributed by atoms with E-state index >= 15 is 0 Å². The van der Waals surface area contributed by atoms with Crippen molar-refractivity contribution in [1.82, 2.24) is 0 Å². The van der Waals surface area contributed by atoms with E-state index in [2.05, 4.69) is 20.8 Å². The van der Waals surface area contributed by atoms with Gasteiger partial charge in [-0.3, -0.25) is 4.79 Å². The molecule has 19 heavy (non-hydrogen) atoms. The molecule has 0 aliphatic rings. The standard InChI is InChI=1S/C17H34O2/c1-4-6-8-10-14-17(3,13-9-7-5-2)15-11-12-16(18)19/h4-15H2,1-3H3,(H,18,19). The third-order valence-corrected chi connectivity index (χ3v) is 4.19. The normalized spacial score (nSPS) is 14.3. The van der Waals surface area contributed by atoms with E-state index in [0.717, 1.165) is 12.8 Å². The van der Waals surface area contributed by atoms with Gasteiger partial charge in [-0.15, -0.1) is 0 Å². The first-order valence-corrected chi connectivity index (χ1v) is 8.26. The minimum atomic E-state index is -0.651. The first-order valence-electron chi connectivity index (χ1n) is 8.26. The molecule has 2 heteroatoms. The summed E-state index contributed by atoms with van der Waals surface area (Å²) >= 11 is 0. The van der Waals surface area contributed by atoms with E-state index in [1.807, 2.05) is 0 Å². The molecule has 0 radical (unpaired) electrons. The summed E-state index contributed by atoms with van der Waals surface area (Å²) in [5, 5.41) is 8.77. The fourth-order valence-corrected chi connectivity index (χ4v) is 2.82. The molecule has 0 saturated heterocycles. The second-order valence-electron chi connectivity index (χ2n) is 6.33. The summed E-state index contributed by atoms with van der Waals surface area (Å²) in [5.41, 5.74) is 0.373. The van der Waals surface area contributed by atoms with Crippen molar-refractivity contribution in [3.63, 3.8) is 0 Å². The zero-order valence-electron chi connectivity index (χ0n) is 13.3. The number of aliphatic carboxylic acids is 1. The van der Waals surface area contributed by atoms with E-state index < -0.39 is 5.97 Å². The van der Waals surface area contributed by atoms with Gasteiger partial charge in [-0.1, -0.05) is 65.7 Å². The molecule has 0 amide bonds. The lowest BCUT2D eigenvalue weighted by Gasteiger charge is -2.30. The van der Waals surface area contributed by atoms with Crippen molar-refractivity contribution in [3.05, 3.63) is 0 Å². The van der Waals surface area contributed by atoms with Gasteiger partial charge in [0.05, 0.1) is 0 Å². The average molecular weight is 270 g/mol. The van der Waals surface area contributed by atoms with Crippen LogP contribution >= 0.6 is 0 Å². The minimum Gasteiger partial charge on any atom is -0.481 e. The maximum absolute atomic E-state index is 10.6. The van der Waals surface area contributed by atoms with Gasteiger partial charge in [-0.25, -0.2) is 0 Å². The highest BCUT2D eigenvalue weighted by atomic mass is 16.4. The maximum atomic E-state index is 10.6. The molecule has 114 valence electrons. The second kappa shape index (κ2) is 11.3. The Labute approximate surface area is 120 Å². The van der Waals surface area contributed by atoms with Gasteiger partial charge >= 0.3 is 5.97 Å². The molecule has 0 fully saturated rings. The van der Waals surface area contributed by atoms with Crippen molar-refractivity contribution in [1.29, 1.82) is 0 Å². The molecule has 1 N–H and O–H groups in total. The Balaban J connectivity index is 4.06. The number of carboxylic acids is 1. The molecule has 0 aliphatic carbocycles. The minimum absolute atomic E-state index is 0.332. The maximum Gasteiger partial charge on any atom is 0.303 e. The number of hydrogen-bond acceptors (Lipinski definition) is 1. The molecule has 0 rings (SSSR count). The van der Waals surface area contributed by atoms with Crippen LogP contribution in [0.3, 0.4) is 0 Å². The zero-order chi connectivity index (χ0) is 14.6. The summed E-state index contributed by atoms with van der Waals surface area (Å²) in [7, 11) is 0. The van der Waals surface area contributed by atoms with Gasteiger partial charge in [-0.2, -0.15) is 0 Å². The van der Waals surface area contributed by atoms with E-state index in [1.165, 1.54) is 57.8 Å². The number of unbranched alkanes of at least 4 members (excludes halogenated alkanes) is 5. The Morgan fingerprint density at radius 1 is 0.842 bits per heavy atom. The molecule has 0 spiro atoms. The van der Waals surface area contributed by atoms with Crippen molar-refractivity contribution in [3.8, 4) is 0 Å². The monoisotopic (exact) mass is 270 g/mol. The van der Waals surface area contributed by atoms with Gasteiger partial charge in [0.15, 0.2) is 0 Å². The van der Waals surface area contributed by atoms with Crippen molar-refractivity contribution in [2.75, 3.05) is 0 Å². The molecule has 0 aromatic rings. The molecule has 1 atom stereocenters. The molecule has 0 aliphatic heterocycles. The summed E-state index contributed by atoms with van der Waals surface area (Å²) in [6, 6.07) is 0. The summed E-state index contributed by atoms with van der Waals surface area (Å²) in [4.78, 5) is 10.6. The van der Waals surface area contributed by atoms with Crippen LogP contribution in [0, 0.1) is 5.41 Å². The fraction of sp³-hybridized carbons (Fsp3) is 0.941. The van der Waals surface area contributed by atoms with Crippen molar-refractivity contribution < 1.29 is 9.90 Å². The van der Waals surface area contributed by atoms with E-state index in [9.17, 15) is 4.79 Å². The van der Waals surface area contributed by atoms with Crippen LogP contribution in [-0.4, -0.2) is 11.1 Å². The predicted molar refractivity (Wildman–Crippen MR) is 82.5 cm³/mol. The van der Waals surface area contributed by atoms with Gasteiger partial charge in [0, 0.05) is 6.42 Å². The number of rotatable bonds is 13. The SMILES string of the molecule is CCCCCCC(C)(CCCCC)CCCC(=O)O. The predicted octanol–water partition coefficient (Wildman–Crippen LogP) is 5.80. The Kier molecular flexibility index (Phi) is 11.0. The quantitative estimate of drug-likeness (QED) is 0.429. The lowest BCUT2D eigenvalue weighted by atomic mass is 9.76. The van der Waals surface area contributed by atoms with Crippen molar-refractivity contribution in [2.24, 2.45) is 5.41 Å². The van der Waals surface area contributed by atoms with Crippen LogP contribution in [0.4, 0.5) is 0 Å². The highest BCUT2D eigenvalue weighted by Gasteiger charge is 2.23. The third kappa shape index (κ3) is 11.0. The smallest absolute Gasteiger partial charge is 0.303 e. The molecule has 0 saturated carbocycles. The van der Waals surface area contributed by atoms with E-state index in [-0.39, 0.29) is 0 Å². The summed E-state index contributed by atoms with van der Waals surface area (Å²) in [6.45, 7) is 6.85. The van der Waals surface area contributed by atoms with Crippen LogP contribution in [0.1, 0.15) is 97.8 Å². The molecule has 0 aromatic carbocycles. The van der Waals surface area contributed by atoms with Crippen LogP contribution in [0.15, 0.2) is 0 Å². The molecule has 1 unspecified atom stereocenters. The van der Waals surface area contributed by atoms with E-state index in [1.54, 1.807) is 0 Å². The summed E-state index contributed by atoms with van der Waals surface area (Å²) in [5.74, 6) is -0.651. The molecule has 2 nitrogen and oxygen atoms in total. The molecular weight excluding hydrogens is 236 g/mol. The third-order valence-electron chi connectivity index (χ3n) is 4.19. The second-order valence-corrected chi connectivity index (χ2v) is 6.33. The van der Waals surface area contributed by atoms with Gasteiger partial charge < -0.3 is 5.11 Å². The van der Waals surface area contributed by atoms with Crippen molar-refractivity contribution >= 4 is 5.97 Å². The van der Waals surface area contributed by atoms with Gasteiger partial charge in [0.1, 0.15) is 0 Å². The first kappa shape index (κ1) is 18.5. The highest BCUT2D eigenvalue weighted by Crippen LogP contribution is 2.36. The van der Waals surface area contributed by atoms with Gasteiger partial charge in [0.25, 0.3) is 0 Å². The Morgan fingerprint density at radius 2 is 1.32 bits per heavy atom. The Bertz CT molecular complexity index is 225. The van der Waals surface area contributed by atoms with Crippen LogP contribution in [0.2, 0.25) is 0 Å². The topological polar surface area (TPSA) is 37.3 Å². The molecule has 0 bridgehead atoms. The largest absolute Gasteiger partial charge is 0.481 e. The fourth-order valence-electron chi connectivity index (χ4n) is 2.82. The zero-order valence-corrected chi connectivity index (χ0v) is 13.3. The first-order chi connectivity index (χ1) is 9.04. The van der Waals surface area contributed by atoms with Crippen LogP contribution in [0.5, 0.6) is 0 Å². The molecule has 0 aromatic heterocycles. The van der Waals surface area contributed by atoms with Gasteiger partial charge in [-0.05, 0) is 31.1 Å². The average Bonchev–Trinajstić information content (AvgIpc) is 2.35. The number of hydrogen-bond donors (Lipinski definition) is 1. The lowest BCUT2D eigenvalue weighted by Crippen LogP contribution is -2.17. The van der Waals surface area contributed by atoms with Gasteiger partial charge in [0.2, 0.25) is 0 Å². The highest BCUT2D eigenvalue weighted by molar-refractivity contribution is 5.66.